The van der Waals surface area contributed by atoms with Crippen LogP contribution < -0.4 is 4.74 Å². The number of rotatable bonds is 9. The Morgan fingerprint density at radius 1 is 1.20 bits per heavy atom. The highest BCUT2D eigenvalue weighted by molar-refractivity contribution is 5.70. The molecule has 4 heteroatoms. The normalized spacial score (nSPS) is 17.2. The maximum Gasteiger partial charge on any atom is 0.410 e. The molecule has 3 rings (SSSR count). The molecule has 0 spiro atoms. The maximum absolute atomic E-state index is 12.5. The summed E-state index contributed by atoms with van der Waals surface area (Å²) in [7, 11) is 1.69. The summed E-state index contributed by atoms with van der Waals surface area (Å²) in [4.78, 5) is 14.3. The molecule has 0 aromatic heterocycles. The van der Waals surface area contributed by atoms with E-state index in [2.05, 4.69) is 63.7 Å². The van der Waals surface area contributed by atoms with Crippen LogP contribution in [-0.2, 0) is 24.1 Å². The Morgan fingerprint density at radius 3 is 2.70 bits per heavy atom. The number of ether oxygens (including phenoxy) is 2. The number of hydrogen-bond acceptors (Lipinski definition) is 3. The van der Waals surface area contributed by atoms with Crippen LogP contribution >= 0.6 is 0 Å². The molecule has 2 aromatic carbocycles. The fraction of sp³-hybridized carbons (Fsp3) is 0.423. The molecule has 1 aliphatic rings. The minimum absolute atomic E-state index is 0.101. The van der Waals surface area contributed by atoms with E-state index in [-0.39, 0.29) is 18.1 Å². The predicted octanol–water partition coefficient (Wildman–Crippen LogP) is 5.75. The van der Waals surface area contributed by atoms with Crippen molar-refractivity contribution in [1.29, 1.82) is 0 Å². The van der Waals surface area contributed by atoms with E-state index in [1.165, 1.54) is 11.1 Å². The van der Waals surface area contributed by atoms with E-state index in [1.54, 1.807) is 7.11 Å². The summed E-state index contributed by atoms with van der Waals surface area (Å²) >= 11 is 0. The quantitative estimate of drug-likeness (QED) is 0.497. The van der Waals surface area contributed by atoms with Crippen molar-refractivity contribution in [2.45, 2.75) is 52.2 Å². The Morgan fingerprint density at radius 2 is 2.00 bits per heavy atom. The third kappa shape index (κ3) is 5.24. The standard InChI is InChI=1S/C26H33NO3/c1-6-8-23-14-20(11-12-24(23)29-5)13-19(4)25-17-27(26(28)30-25)16-21-9-7-10-22(15-21)18(2)3/h6-7,9-12,14-15,18-19,25H,1,8,13,16-17H2,2-5H3/t19-,25?/m0/s1. The Balaban J connectivity index is 1.64. The van der Waals surface area contributed by atoms with Crippen molar-refractivity contribution in [3.05, 3.63) is 77.4 Å². The topological polar surface area (TPSA) is 38.8 Å². The van der Waals surface area contributed by atoms with E-state index in [0.717, 1.165) is 29.7 Å². The first-order valence-electron chi connectivity index (χ1n) is 10.7. The molecule has 160 valence electrons. The summed E-state index contributed by atoms with van der Waals surface area (Å²) in [6.07, 6.45) is 3.19. The first-order valence-corrected chi connectivity index (χ1v) is 10.7. The lowest BCUT2D eigenvalue weighted by atomic mass is 9.94. The number of benzene rings is 2. The fourth-order valence-corrected chi connectivity index (χ4v) is 4.01. The molecule has 2 atom stereocenters. The Kier molecular flexibility index (Phi) is 7.20. The molecule has 1 aliphatic heterocycles. The minimum Gasteiger partial charge on any atom is -0.496 e. The zero-order valence-electron chi connectivity index (χ0n) is 18.6. The van der Waals surface area contributed by atoms with E-state index in [4.69, 9.17) is 9.47 Å². The van der Waals surface area contributed by atoms with Crippen LogP contribution in [0.3, 0.4) is 0 Å². The zero-order chi connectivity index (χ0) is 21.7. The van der Waals surface area contributed by atoms with Crippen molar-refractivity contribution < 1.29 is 14.3 Å². The molecule has 0 aliphatic carbocycles. The van der Waals surface area contributed by atoms with Gasteiger partial charge >= 0.3 is 6.09 Å². The van der Waals surface area contributed by atoms with Crippen LogP contribution in [0.2, 0.25) is 0 Å². The van der Waals surface area contributed by atoms with Gasteiger partial charge in [-0.1, -0.05) is 63.2 Å². The van der Waals surface area contributed by atoms with Crippen LogP contribution in [-0.4, -0.2) is 30.8 Å². The van der Waals surface area contributed by atoms with Crippen molar-refractivity contribution in [3.8, 4) is 5.75 Å². The van der Waals surface area contributed by atoms with Crippen LogP contribution in [0, 0.1) is 5.92 Å². The molecule has 1 saturated heterocycles. The average molecular weight is 408 g/mol. The van der Waals surface area contributed by atoms with Gasteiger partial charge in [0.25, 0.3) is 0 Å². The molecule has 1 fully saturated rings. The molecule has 1 heterocycles. The minimum atomic E-state index is -0.219. The Bertz CT molecular complexity index is 890. The number of carbonyl (C=O) groups is 1. The number of hydrogen-bond donors (Lipinski definition) is 0. The summed E-state index contributed by atoms with van der Waals surface area (Å²) < 4.78 is 11.2. The highest BCUT2D eigenvalue weighted by Gasteiger charge is 2.34. The van der Waals surface area contributed by atoms with Crippen molar-refractivity contribution in [3.63, 3.8) is 0 Å². The highest BCUT2D eigenvalue weighted by Crippen LogP contribution is 2.27. The molecule has 0 bridgehead atoms. The summed E-state index contributed by atoms with van der Waals surface area (Å²) in [6, 6.07) is 14.7. The van der Waals surface area contributed by atoms with Gasteiger partial charge in [-0.15, -0.1) is 6.58 Å². The average Bonchev–Trinajstić information content (AvgIpc) is 3.09. The number of allylic oxidation sites excluding steroid dienone is 1. The van der Waals surface area contributed by atoms with Gasteiger partial charge in [-0.25, -0.2) is 4.79 Å². The van der Waals surface area contributed by atoms with Gasteiger partial charge in [0.15, 0.2) is 0 Å². The molecule has 1 unspecified atom stereocenters. The lowest BCUT2D eigenvalue weighted by molar-refractivity contribution is 0.107. The Labute approximate surface area is 180 Å². The van der Waals surface area contributed by atoms with E-state index in [1.807, 2.05) is 17.0 Å². The third-order valence-electron chi connectivity index (χ3n) is 5.80. The third-order valence-corrected chi connectivity index (χ3v) is 5.80. The number of cyclic esters (lactones) is 1. The van der Waals surface area contributed by atoms with Crippen LogP contribution in [0.5, 0.6) is 5.75 Å². The van der Waals surface area contributed by atoms with E-state index in [9.17, 15) is 4.79 Å². The van der Waals surface area contributed by atoms with E-state index >= 15 is 0 Å². The largest absolute Gasteiger partial charge is 0.496 e. The second-order valence-corrected chi connectivity index (χ2v) is 8.52. The molecular formula is C26H33NO3. The van der Waals surface area contributed by atoms with Crippen molar-refractivity contribution in [2.24, 2.45) is 5.92 Å². The lowest BCUT2D eigenvalue weighted by Gasteiger charge is -2.19. The van der Waals surface area contributed by atoms with Gasteiger partial charge in [0.2, 0.25) is 0 Å². The van der Waals surface area contributed by atoms with Gasteiger partial charge < -0.3 is 14.4 Å². The smallest absolute Gasteiger partial charge is 0.410 e. The first-order chi connectivity index (χ1) is 14.4. The van der Waals surface area contributed by atoms with Gasteiger partial charge in [0.05, 0.1) is 13.7 Å². The second kappa shape index (κ2) is 9.84. The molecular weight excluding hydrogens is 374 g/mol. The Hall–Kier alpha value is -2.75. The van der Waals surface area contributed by atoms with Gasteiger partial charge in [0, 0.05) is 6.54 Å². The summed E-state index contributed by atoms with van der Waals surface area (Å²) in [5.74, 6) is 1.58. The molecule has 1 amide bonds. The lowest BCUT2D eigenvalue weighted by Crippen LogP contribution is -2.27. The van der Waals surface area contributed by atoms with E-state index in [0.29, 0.717) is 19.0 Å². The van der Waals surface area contributed by atoms with Crippen LogP contribution in [0.4, 0.5) is 4.79 Å². The predicted molar refractivity (Wildman–Crippen MR) is 121 cm³/mol. The van der Waals surface area contributed by atoms with Gasteiger partial charge in [-0.2, -0.15) is 0 Å². The number of nitrogens with zero attached hydrogens (tertiary/aromatic N) is 1. The van der Waals surface area contributed by atoms with E-state index < -0.39 is 0 Å². The molecule has 0 N–H and O–H groups in total. The molecule has 0 saturated carbocycles. The molecule has 30 heavy (non-hydrogen) atoms. The van der Waals surface area contributed by atoms with Crippen molar-refractivity contribution in [2.75, 3.05) is 13.7 Å². The summed E-state index contributed by atoms with van der Waals surface area (Å²) in [5.41, 5.74) is 4.79. The van der Waals surface area contributed by atoms with Crippen molar-refractivity contribution in [1.82, 2.24) is 4.90 Å². The van der Waals surface area contributed by atoms with Crippen LogP contribution in [0.25, 0.3) is 0 Å². The molecule has 0 radical (unpaired) electrons. The first kappa shape index (κ1) is 21.9. The van der Waals surface area contributed by atoms with Crippen molar-refractivity contribution >= 4 is 6.09 Å². The number of amides is 1. The number of carbonyl (C=O) groups excluding carboxylic acids is 1. The summed E-state index contributed by atoms with van der Waals surface area (Å²) in [6.45, 7) is 11.6. The second-order valence-electron chi connectivity index (χ2n) is 8.52. The zero-order valence-corrected chi connectivity index (χ0v) is 18.6. The van der Waals surface area contributed by atoms with Gasteiger partial charge in [-0.3, -0.25) is 0 Å². The monoisotopic (exact) mass is 407 g/mol. The molecule has 4 nitrogen and oxygen atoms in total. The van der Waals surface area contributed by atoms with Crippen LogP contribution in [0.1, 0.15) is 48.9 Å². The highest BCUT2D eigenvalue weighted by atomic mass is 16.6. The van der Waals surface area contributed by atoms with Gasteiger partial charge in [-0.05, 0) is 53.0 Å². The maximum atomic E-state index is 12.5. The van der Waals surface area contributed by atoms with Gasteiger partial charge in [0.1, 0.15) is 11.9 Å². The fourth-order valence-electron chi connectivity index (χ4n) is 4.01. The SMILES string of the molecule is C=CCc1cc(C[C@H](C)C2CN(Cc3cccc(C(C)C)c3)C(=O)O2)ccc1OC. The summed E-state index contributed by atoms with van der Waals surface area (Å²) in [5, 5.41) is 0. The number of methoxy groups -OCH3 is 1. The molecule has 2 aromatic rings. The van der Waals surface area contributed by atoms with Crippen LogP contribution in [0.15, 0.2) is 55.1 Å².